The van der Waals surface area contributed by atoms with Gasteiger partial charge in [-0.2, -0.15) is 0 Å². The van der Waals surface area contributed by atoms with Crippen molar-refractivity contribution in [1.82, 2.24) is 0 Å². The molecule has 8 nitrogen and oxygen atoms in total. The molecule has 0 atom stereocenters. The highest BCUT2D eigenvalue weighted by molar-refractivity contribution is 5.55. The fourth-order valence-electron chi connectivity index (χ4n) is 4.96. The zero-order chi connectivity index (χ0) is 30.8. The van der Waals surface area contributed by atoms with Crippen LogP contribution in [0.4, 0.5) is 0 Å². The van der Waals surface area contributed by atoms with Gasteiger partial charge in [-0.05, 0) is 90.4 Å². The van der Waals surface area contributed by atoms with Crippen LogP contribution in [-0.2, 0) is 25.7 Å². The van der Waals surface area contributed by atoms with Gasteiger partial charge in [0, 0.05) is 12.1 Å². The van der Waals surface area contributed by atoms with Crippen LogP contribution in [0.25, 0.3) is 0 Å². The lowest BCUT2D eigenvalue weighted by atomic mass is 10.0. The fourth-order valence-corrected chi connectivity index (χ4v) is 4.96. The summed E-state index contributed by atoms with van der Waals surface area (Å²) in [5, 5.41) is 0. The second kappa shape index (κ2) is 15.0. The average molecular weight is 589 g/mol. The largest absolute Gasteiger partial charge is 0.497 e. The number of hydrogen-bond acceptors (Lipinski definition) is 8. The molecule has 0 spiro atoms. The Hall–Kier alpha value is -4.72. The van der Waals surface area contributed by atoms with Crippen molar-refractivity contribution in [2.75, 3.05) is 49.8 Å². The Kier molecular flexibility index (Phi) is 10.9. The summed E-state index contributed by atoms with van der Waals surface area (Å²) in [5.74, 6) is 5.90. The molecule has 4 aromatic carbocycles. The Morgan fingerprint density at radius 1 is 0.395 bits per heavy atom. The summed E-state index contributed by atoms with van der Waals surface area (Å²) >= 11 is 0. The van der Waals surface area contributed by atoms with Gasteiger partial charge in [-0.25, -0.2) is 0 Å². The Bertz CT molecular complexity index is 1490. The second-order valence-electron chi connectivity index (χ2n) is 9.82. The molecular weight excluding hydrogens is 548 g/mol. The van der Waals surface area contributed by atoms with E-state index in [9.17, 15) is 0 Å². The highest BCUT2D eigenvalue weighted by atomic mass is 16.5. The van der Waals surface area contributed by atoms with Crippen molar-refractivity contribution in [1.29, 1.82) is 0 Å². The maximum atomic E-state index is 6.43. The van der Waals surface area contributed by atoms with Gasteiger partial charge < -0.3 is 37.9 Å². The summed E-state index contributed by atoms with van der Waals surface area (Å²) in [6.45, 7) is 0. The van der Waals surface area contributed by atoms with Gasteiger partial charge in [0.15, 0.2) is 23.0 Å². The van der Waals surface area contributed by atoms with E-state index >= 15 is 0 Å². The topological polar surface area (TPSA) is 73.8 Å². The van der Waals surface area contributed by atoms with Crippen LogP contribution in [0.1, 0.15) is 22.3 Å². The van der Waals surface area contributed by atoms with Crippen LogP contribution >= 0.6 is 0 Å². The average Bonchev–Trinajstić information content (AvgIpc) is 3.05. The number of aryl methyl sites for hydroxylation is 4. The lowest BCUT2D eigenvalue weighted by molar-refractivity contribution is 0.324. The predicted molar refractivity (Wildman–Crippen MR) is 167 cm³/mol. The molecule has 0 saturated heterocycles. The zero-order valence-corrected chi connectivity index (χ0v) is 25.9. The van der Waals surface area contributed by atoms with Crippen molar-refractivity contribution in [3.8, 4) is 51.7 Å². The van der Waals surface area contributed by atoms with Gasteiger partial charge in [-0.15, -0.1) is 0 Å². The smallest absolute Gasteiger partial charge is 0.203 e. The van der Waals surface area contributed by atoms with Crippen LogP contribution in [0.3, 0.4) is 0 Å². The standard InChI is InChI=1S/C35H40O8/c1-36-27-10-8-9-23(15-27)13-14-26-20-32(31(39-4)22-30(26)38-3)43-29-17-24(16-28(21-29)37-2)11-12-25-18-33(40-5)35(42-7)34(19-25)41-6/h8-10,15-22H,11-14H2,1-7H3. The molecule has 0 amide bonds. The van der Waals surface area contributed by atoms with Crippen LogP contribution in [-0.4, -0.2) is 49.8 Å². The maximum absolute atomic E-state index is 6.43. The molecule has 0 aliphatic rings. The summed E-state index contributed by atoms with van der Waals surface area (Å²) in [4.78, 5) is 0. The lowest BCUT2D eigenvalue weighted by Crippen LogP contribution is -2.00. The van der Waals surface area contributed by atoms with E-state index in [1.54, 1.807) is 49.8 Å². The number of methoxy groups -OCH3 is 7. The Labute approximate surface area is 254 Å². The third-order valence-electron chi connectivity index (χ3n) is 7.21. The molecule has 0 saturated carbocycles. The van der Waals surface area contributed by atoms with Crippen molar-refractivity contribution in [2.24, 2.45) is 0 Å². The van der Waals surface area contributed by atoms with E-state index < -0.39 is 0 Å². The van der Waals surface area contributed by atoms with E-state index in [4.69, 9.17) is 37.9 Å². The van der Waals surface area contributed by atoms with Crippen LogP contribution in [0.15, 0.2) is 66.7 Å². The normalized spacial score (nSPS) is 10.6. The number of benzene rings is 4. The first-order valence-corrected chi connectivity index (χ1v) is 14.0. The molecule has 0 N–H and O–H groups in total. The Morgan fingerprint density at radius 2 is 0.977 bits per heavy atom. The van der Waals surface area contributed by atoms with Crippen molar-refractivity contribution >= 4 is 0 Å². The first-order valence-electron chi connectivity index (χ1n) is 14.0. The van der Waals surface area contributed by atoms with E-state index in [1.165, 1.54) is 5.56 Å². The number of hydrogen-bond donors (Lipinski definition) is 0. The zero-order valence-electron chi connectivity index (χ0n) is 25.9. The van der Waals surface area contributed by atoms with E-state index in [0.29, 0.717) is 40.2 Å². The molecule has 0 aromatic heterocycles. The Balaban J connectivity index is 1.58. The van der Waals surface area contributed by atoms with Gasteiger partial charge in [0.05, 0.1) is 49.8 Å². The second-order valence-corrected chi connectivity index (χ2v) is 9.82. The molecule has 0 bridgehead atoms. The fraction of sp³-hybridized carbons (Fsp3) is 0.314. The summed E-state index contributed by atoms with van der Waals surface area (Å²) in [6.07, 6.45) is 3.03. The minimum Gasteiger partial charge on any atom is -0.497 e. The highest BCUT2D eigenvalue weighted by Gasteiger charge is 2.16. The number of rotatable bonds is 15. The van der Waals surface area contributed by atoms with Crippen molar-refractivity contribution in [2.45, 2.75) is 25.7 Å². The van der Waals surface area contributed by atoms with E-state index in [-0.39, 0.29) is 0 Å². The maximum Gasteiger partial charge on any atom is 0.203 e. The number of ether oxygens (including phenoxy) is 8. The van der Waals surface area contributed by atoms with Crippen molar-refractivity contribution in [3.63, 3.8) is 0 Å². The third-order valence-corrected chi connectivity index (χ3v) is 7.21. The van der Waals surface area contributed by atoms with Crippen LogP contribution in [0, 0.1) is 0 Å². The molecule has 0 unspecified atom stereocenters. The molecule has 0 aliphatic heterocycles. The molecular formula is C35H40O8. The molecule has 4 rings (SSSR count). The van der Waals surface area contributed by atoms with Crippen LogP contribution in [0.2, 0.25) is 0 Å². The van der Waals surface area contributed by atoms with Crippen LogP contribution in [0.5, 0.6) is 51.7 Å². The van der Waals surface area contributed by atoms with Crippen molar-refractivity contribution < 1.29 is 37.9 Å². The Morgan fingerprint density at radius 3 is 1.58 bits per heavy atom. The molecule has 4 aromatic rings. The molecule has 8 heteroatoms. The monoisotopic (exact) mass is 588 g/mol. The third kappa shape index (κ3) is 7.77. The van der Waals surface area contributed by atoms with Crippen molar-refractivity contribution in [3.05, 3.63) is 89.0 Å². The molecule has 0 fully saturated rings. The molecule has 0 heterocycles. The summed E-state index contributed by atoms with van der Waals surface area (Å²) in [5.41, 5.74) is 4.28. The highest BCUT2D eigenvalue weighted by Crippen LogP contribution is 2.40. The molecule has 228 valence electrons. The van der Waals surface area contributed by atoms with Gasteiger partial charge in [-0.1, -0.05) is 12.1 Å². The lowest BCUT2D eigenvalue weighted by Gasteiger charge is -2.17. The predicted octanol–water partition coefficient (Wildman–Crippen LogP) is 7.11. The summed E-state index contributed by atoms with van der Waals surface area (Å²) < 4.78 is 45.3. The summed E-state index contributed by atoms with van der Waals surface area (Å²) in [7, 11) is 11.4. The van der Waals surface area contributed by atoms with E-state index in [1.807, 2.05) is 60.7 Å². The van der Waals surface area contributed by atoms with Crippen LogP contribution < -0.4 is 37.9 Å². The van der Waals surface area contributed by atoms with Gasteiger partial charge in [0.2, 0.25) is 5.75 Å². The SMILES string of the molecule is COc1cccc(CCc2cc(Oc3cc(CCc4cc(OC)c(OC)c(OC)c4)cc(OC)c3)c(OC)cc2OC)c1. The molecule has 0 radical (unpaired) electrons. The van der Waals surface area contributed by atoms with Gasteiger partial charge in [0.25, 0.3) is 0 Å². The first-order chi connectivity index (χ1) is 20.9. The van der Waals surface area contributed by atoms with E-state index in [0.717, 1.165) is 53.9 Å². The molecule has 0 aliphatic carbocycles. The summed E-state index contributed by atoms with van der Waals surface area (Å²) in [6, 6.07) is 21.7. The van der Waals surface area contributed by atoms with Gasteiger partial charge in [-0.3, -0.25) is 0 Å². The minimum absolute atomic E-state index is 0.571. The first kappa shape index (κ1) is 31.2. The minimum atomic E-state index is 0.571. The molecule has 43 heavy (non-hydrogen) atoms. The van der Waals surface area contributed by atoms with Gasteiger partial charge in [0.1, 0.15) is 23.0 Å². The van der Waals surface area contributed by atoms with E-state index in [2.05, 4.69) is 6.07 Å². The quantitative estimate of drug-likeness (QED) is 0.146. The van der Waals surface area contributed by atoms with Gasteiger partial charge >= 0.3 is 0 Å².